The predicted octanol–water partition coefficient (Wildman–Crippen LogP) is 4.30. The number of hydrogen-bond acceptors (Lipinski definition) is 5. The largest absolute Gasteiger partial charge is 0.493 e. The molecule has 6 nitrogen and oxygen atoms in total. The number of fused-ring (bicyclic) bond motifs is 3. The molecule has 32 heavy (non-hydrogen) atoms. The van der Waals surface area contributed by atoms with Crippen LogP contribution in [0.15, 0.2) is 41.4 Å². The molecule has 0 saturated heterocycles. The molecule has 2 aliphatic rings. The van der Waals surface area contributed by atoms with Gasteiger partial charge in [0.25, 0.3) is 5.91 Å². The highest BCUT2D eigenvalue weighted by atomic mass is 16.5. The highest BCUT2D eigenvalue weighted by Gasteiger charge is 2.34. The van der Waals surface area contributed by atoms with Crippen molar-refractivity contribution in [2.75, 3.05) is 41.5 Å². The third-order valence-electron chi connectivity index (χ3n) is 6.62. The molecule has 0 N–H and O–H groups in total. The first-order chi connectivity index (χ1) is 15.6. The summed E-state index contributed by atoms with van der Waals surface area (Å²) in [5.74, 6) is 1.87. The zero-order chi connectivity index (χ0) is 22.7. The van der Waals surface area contributed by atoms with Crippen molar-refractivity contribution in [2.45, 2.75) is 37.6 Å². The second-order valence-electron chi connectivity index (χ2n) is 8.53. The molecule has 6 heteroatoms. The molecular formula is C26H32N2O4. The summed E-state index contributed by atoms with van der Waals surface area (Å²) in [4.78, 5) is 19.6. The Hall–Kier alpha value is -2.86. The van der Waals surface area contributed by atoms with E-state index in [0.29, 0.717) is 30.4 Å². The number of rotatable bonds is 7. The van der Waals surface area contributed by atoms with E-state index < -0.39 is 0 Å². The molecule has 1 saturated carbocycles. The van der Waals surface area contributed by atoms with Gasteiger partial charge < -0.3 is 19.1 Å². The minimum Gasteiger partial charge on any atom is -0.493 e. The van der Waals surface area contributed by atoms with Crippen molar-refractivity contribution in [2.24, 2.45) is 4.99 Å². The third-order valence-corrected chi connectivity index (χ3v) is 6.62. The third kappa shape index (κ3) is 4.24. The highest BCUT2D eigenvalue weighted by Crippen LogP contribution is 2.44. The number of ether oxygens (including phenoxy) is 3. The molecule has 0 aromatic heterocycles. The minimum atomic E-state index is -0.0154. The summed E-state index contributed by atoms with van der Waals surface area (Å²) in [5.41, 5.74) is 5.03. The fourth-order valence-electron chi connectivity index (χ4n) is 4.82. The molecular weight excluding hydrogens is 404 g/mol. The van der Waals surface area contributed by atoms with Crippen LogP contribution in [0, 0.1) is 0 Å². The molecule has 1 aliphatic carbocycles. The van der Waals surface area contributed by atoms with Crippen LogP contribution >= 0.6 is 0 Å². The van der Waals surface area contributed by atoms with Crippen LogP contribution in [0.4, 0.5) is 0 Å². The van der Waals surface area contributed by atoms with Gasteiger partial charge in [0, 0.05) is 43.3 Å². The number of aliphatic imine (C=N–C) groups is 1. The van der Waals surface area contributed by atoms with Gasteiger partial charge in [-0.05, 0) is 42.7 Å². The van der Waals surface area contributed by atoms with Crippen LogP contribution in [0.25, 0.3) is 0 Å². The first-order valence-corrected chi connectivity index (χ1v) is 11.3. The standard InChI is InChI=1S/C26H32N2O4/c1-28(13-14-30-2)26(29)18-11-9-17(10-12-18)25-21-16-24(32-4)23(31-3)15-20(21)19-7-5-6-8-22(19)27-25/h9-12,15-16,19,22H,5-8,13-14H2,1-4H3/t19-,22-/m1/s1. The van der Waals surface area contributed by atoms with Gasteiger partial charge in [0.15, 0.2) is 11.5 Å². The number of likely N-dealkylation sites (N-methyl/N-ethyl adjacent to an activating group) is 1. The van der Waals surface area contributed by atoms with Crippen molar-refractivity contribution in [3.05, 3.63) is 58.7 Å². The van der Waals surface area contributed by atoms with E-state index in [2.05, 4.69) is 12.1 Å². The normalized spacial score (nSPS) is 19.4. The van der Waals surface area contributed by atoms with E-state index in [1.54, 1.807) is 33.3 Å². The van der Waals surface area contributed by atoms with Crippen LogP contribution < -0.4 is 9.47 Å². The summed E-state index contributed by atoms with van der Waals surface area (Å²) >= 11 is 0. The number of hydrogen-bond donors (Lipinski definition) is 0. The van der Waals surface area contributed by atoms with Crippen LogP contribution in [0.3, 0.4) is 0 Å². The first kappa shape index (κ1) is 22.3. The summed E-state index contributed by atoms with van der Waals surface area (Å²) in [6.45, 7) is 1.07. The average molecular weight is 437 g/mol. The maximum atomic E-state index is 12.7. The molecule has 0 unspecified atom stereocenters. The Kier molecular flexibility index (Phi) is 6.80. The Balaban J connectivity index is 1.70. The van der Waals surface area contributed by atoms with E-state index in [1.165, 1.54) is 18.4 Å². The fourth-order valence-corrected chi connectivity index (χ4v) is 4.82. The number of benzene rings is 2. The van der Waals surface area contributed by atoms with Crippen LogP contribution in [-0.2, 0) is 4.74 Å². The number of carbonyl (C=O) groups is 1. The maximum absolute atomic E-state index is 12.7. The molecule has 1 amide bonds. The quantitative estimate of drug-likeness (QED) is 0.649. The van der Waals surface area contributed by atoms with Crippen LogP contribution in [0.2, 0.25) is 0 Å². The van der Waals surface area contributed by atoms with Gasteiger partial charge in [0.1, 0.15) is 0 Å². The summed E-state index contributed by atoms with van der Waals surface area (Å²) in [7, 11) is 6.77. The van der Waals surface area contributed by atoms with Gasteiger partial charge in [-0.1, -0.05) is 25.0 Å². The zero-order valence-corrected chi connectivity index (χ0v) is 19.4. The summed E-state index contributed by atoms with van der Waals surface area (Å²) in [5, 5.41) is 0. The molecule has 1 heterocycles. The smallest absolute Gasteiger partial charge is 0.253 e. The number of carbonyl (C=O) groups excluding carboxylic acids is 1. The van der Waals surface area contributed by atoms with E-state index in [0.717, 1.165) is 35.4 Å². The molecule has 0 radical (unpaired) electrons. The lowest BCUT2D eigenvalue weighted by Crippen LogP contribution is -2.30. The molecule has 2 aromatic carbocycles. The lowest BCUT2D eigenvalue weighted by molar-refractivity contribution is 0.0744. The monoisotopic (exact) mass is 436 g/mol. The summed E-state index contributed by atoms with van der Waals surface area (Å²) in [6.07, 6.45) is 4.68. The van der Waals surface area contributed by atoms with Gasteiger partial charge >= 0.3 is 0 Å². The van der Waals surface area contributed by atoms with Crippen LogP contribution in [-0.4, -0.2) is 64.1 Å². The Labute approximate surface area is 190 Å². The van der Waals surface area contributed by atoms with Gasteiger partial charge in [-0.3, -0.25) is 9.79 Å². The van der Waals surface area contributed by atoms with E-state index >= 15 is 0 Å². The van der Waals surface area contributed by atoms with Crippen molar-refractivity contribution < 1.29 is 19.0 Å². The Morgan fingerprint density at radius 3 is 2.41 bits per heavy atom. The molecule has 0 bridgehead atoms. The zero-order valence-electron chi connectivity index (χ0n) is 19.4. The van der Waals surface area contributed by atoms with E-state index in [1.807, 2.05) is 24.3 Å². The van der Waals surface area contributed by atoms with E-state index in [-0.39, 0.29) is 11.9 Å². The predicted molar refractivity (Wildman–Crippen MR) is 125 cm³/mol. The lowest BCUT2D eigenvalue weighted by Gasteiger charge is -2.35. The molecule has 1 fully saturated rings. The van der Waals surface area contributed by atoms with Crippen molar-refractivity contribution in [1.82, 2.24) is 4.90 Å². The molecule has 170 valence electrons. The second-order valence-corrected chi connectivity index (χ2v) is 8.53. The van der Waals surface area contributed by atoms with Gasteiger partial charge in [-0.2, -0.15) is 0 Å². The second kappa shape index (κ2) is 9.74. The number of methoxy groups -OCH3 is 3. The molecule has 4 rings (SSSR count). The van der Waals surface area contributed by atoms with E-state index in [9.17, 15) is 4.79 Å². The van der Waals surface area contributed by atoms with Gasteiger partial charge in [0.05, 0.1) is 32.6 Å². The molecule has 0 spiro atoms. The van der Waals surface area contributed by atoms with Crippen LogP contribution in [0.1, 0.15) is 58.6 Å². The van der Waals surface area contributed by atoms with Crippen molar-refractivity contribution in [3.63, 3.8) is 0 Å². The molecule has 1 aliphatic heterocycles. The van der Waals surface area contributed by atoms with Crippen molar-refractivity contribution in [3.8, 4) is 11.5 Å². The van der Waals surface area contributed by atoms with Crippen molar-refractivity contribution >= 4 is 11.6 Å². The summed E-state index contributed by atoms with van der Waals surface area (Å²) < 4.78 is 16.3. The lowest BCUT2D eigenvalue weighted by atomic mass is 9.75. The maximum Gasteiger partial charge on any atom is 0.253 e. The topological polar surface area (TPSA) is 60.4 Å². The Morgan fingerprint density at radius 2 is 1.72 bits per heavy atom. The van der Waals surface area contributed by atoms with E-state index in [4.69, 9.17) is 19.2 Å². The number of amides is 1. The highest BCUT2D eigenvalue weighted by molar-refractivity contribution is 6.15. The molecule has 2 atom stereocenters. The number of nitrogens with zero attached hydrogens (tertiary/aromatic N) is 2. The van der Waals surface area contributed by atoms with Crippen molar-refractivity contribution in [1.29, 1.82) is 0 Å². The van der Waals surface area contributed by atoms with Gasteiger partial charge in [-0.15, -0.1) is 0 Å². The van der Waals surface area contributed by atoms with Gasteiger partial charge in [-0.25, -0.2) is 0 Å². The SMILES string of the molecule is COCCN(C)C(=O)c1ccc(C2=N[C@@H]3CCCC[C@@H]3c3cc(OC)c(OC)cc32)cc1. The first-order valence-electron chi connectivity index (χ1n) is 11.3. The Bertz CT molecular complexity index is 1000. The molecule has 2 aromatic rings. The van der Waals surface area contributed by atoms with Crippen LogP contribution in [0.5, 0.6) is 11.5 Å². The van der Waals surface area contributed by atoms with Gasteiger partial charge in [0.2, 0.25) is 0 Å². The summed E-state index contributed by atoms with van der Waals surface area (Å²) in [6, 6.07) is 12.2. The minimum absolute atomic E-state index is 0.0154. The average Bonchev–Trinajstić information content (AvgIpc) is 2.85. The Morgan fingerprint density at radius 1 is 1.03 bits per heavy atom. The fraction of sp³-hybridized carbons (Fsp3) is 0.462.